The van der Waals surface area contributed by atoms with E-state index in [-0.39, 0.29) is 17.8 Å². The van der Waals surface area contributed by atoms with Crippen LogP contribution in [0.5, 0.6) is 0 Å². The Morgan fingerprint density at radius 2 is 2.05 bits per heavy atom. The maximum Gasteiger partial charge on any atom is 0.299 e. The highest BCUT2D eigenvalue weighted by atomic mass is 79.9. The highest BCUT2D eigenvalue weighted by Crippen LogP contribution is 2.35. The number of carbonyl (C=O) groups is 2. The second-order valence-corrected chi connectivity index (χ2v) is 7.12. The van der Waals surface area contributed by atoms with Crippen LogP contribution >= 0.6 is 27.3 Å². The van der Waals surface area contributed by atoms with Crippen LogP contribution in [0.2, 0.25) is 0 Å². The molecular formula is C14H9BrFNO2S. The summed E-state index contributed by atoms with van der Waals surface area (Å²) >= 11 is 4.79. The first-order valence-electron chi connectivity index (χ1n) is 5.88. The molecule has 0 bridgehead atoms. The molecule has 1 aromatic carbocycles. The third kappa shape index (κ3) is 2.09. The molecule has 1 aliphatic rings. The number of nitrogens with zero attached hydrogens (tertiary/aromatic N) is 1. The minimum absolute atomic E-state index is 0.0927. The number of hydrogen-bond donors (Lipinski definition) is 0. The monoisotopic (exact) mass is 353 g/mol. The van der Waals surface area contributed by atoms with Gasteiger partial charge in [-0.05, 0) is 52.7 Å². The SMILES string of the molecule is Cc1cc(F)c2c(c1)C(=O)C(=O)N2Cc1ccc(Br)s1. The average molecular weight is 354 g/mol. The third-order valence-corrected chi connectivity index (χ3v) is 4.71. The van der Waals surface area contributed by atoms with E-state index < -0.39 is 17.5 Å². The van der Waals surface area contributed by atoms with E-state index in [9.17, 15) is 14.0 Å². The van der Waals surface area contributed by atoms with Gasteiger partial charge in [-0.1, -0.05) is 0 Å². The number of carbonyl (C=O) groups excluding carboxylic acids is 2. The number of aryl methyl sites for hydroxylation is 1. The van der Waals surface area contributed by atoms with Gasteiger partial charge in [0.15, 0.2) is 0 Å². The Balaban J connectivity index is 2.06. The highest BCUT2D eigenvalue weighted by molar-refractivity contribution is 9.11. The van der Waals surface area contributed by atoms with E-state index >= 15 is 0 Å². The Hall–Kier alpha value is -1.53. The summed E-state index contributed by atoms with van der Waals surface area (Å²) in [4.78, 5) is 26.1. The quantitative estimate of drug-likeness (QED) is 0.772. The lowest BCUT2D eigenvalue weighted by molar-refractivity contribution is -0.114. The number of amides is 1. The fraction of sp³-hybridized carbons (Fsp3) is 0.143. The predicted molar refractivity (Wildman–Crippen MR) is 78.7 cm³/mol. The molecule has 2 aromatic rings. The summed E-state index contributed by atoms with van der Waals surface area (Å²) in [7, 11) is 0. The summed E-state index contributed by atoms with van der Waals surface area (Å²) in [6, 6.07) is 6.59. The van der Waals surface area contributed by atoms with Gasteiger partial charge in [0.25, 0.3) is 11.7 Å². The van der Waals surface area contributed by atoms with Crippen molar-refractivity contribution in [3.05, 3.63) is 49.9 Å². The second-order valence-electron chi connectivity index (χ2n) is 4.57. The van der Waals surface area contributed by atoms with E-state index in [2.05, 4.69) is 15.9 Å². The maximum absolute atomic E-state index is 14.1. The molecule has 6 heteroatoms. The number of Topliss-reactive ketones (excluding diaryl/α,β-unsaturated/α-hetero) is 1. The molecule has 0 atom stereocenters. The zero-order valence-electron chi connectivity index (χ0n) is 10.4. The van der Waals surface area contributed by atoms with E-state index in [1.807, 2.05) is 12.1 Å². The molecule has 1 aliphatic heterocycles. The number of hydrogen-bond acceptors (Lipinski definition) is 3. The Morgan fingerprint density at radius 1 is 1.30 bits per heavy atom. The molecular weight excluding hydrogens is 345 g/mol. The van der Waals surface area contributed by atoms with Crippen molar-refractivity contribution in [2.75, 3.05) is 4.90 Å². The minimum Gasteiger partial charge on any atom is -0.297 e. The maximum atomic E-state index is 14.1. The van der Waals surface area contributed by atoms with Gasteiger partial charge in [-0.2, -0.15) is 0 Å². The fourth-order valence-corrected chi connectivity index (χ4v) is 3.74. The number of halogens is 2. The lowest BCUT2D eigenvalue weighted by Gasteiger charge is -2.16. The average Bonchev–Trinajstić information content (AvgIpc) is 2.88. The summed E-state index contributed by atoms with van der Waals surface area (Å²) in [5.74, 6) is -1.85. The third-order valence-electron chi connectivity index (χ3n) is 3.10. The molecule has 3 rings (SSSR count). The van der Waals surface area contributed by atoms with E-state index in [1.165, 1.54) is 22.3 Å². The van der Waals surface area contributed by atoms with Crippen molar-refractivity contribution in [2.24, 2.45) is 0 Å². The molecule has 0 fully saturated rings. The molecule has 0 aliphatic carbocycles. The lowest BCUT2D eigenvalue weighted by Crippen LogP contribution is -2.29. The number of rotatable bonds is 2. The van der Waals surface area contributed by atoms with Crippen molar-refractivity contribution in [1.82, 2.24) is 0 Å². The van der Waals surface area contributed by atoms with E-state index in [4.69, 9.17) is 0 Å². The summed E-state index contributed by atoms with van der Waals surface area (Å²) < 4.78 is 15.0. The first-order valence-corrected chi connectivity index (χ1v) is 7.49. The first-order chi connectivity index (χ1) is 9.47. The molecule has 1 amide bonds. The molecule has 0 unspecified atom stereocenters. The van der Waals surface area contributed by atoms with Crippen LogP contribution in [0.4, 0.5) is 10.1 Å². The largest absolute Gasteiger partial charge is 0.299 e. The lowest BCUT2D eigenvalue weighted by atomic mass is 10.1. The fourth-order valence-electron chi connectivity index (χ4n) is 2.26. The smallest absolute Gasteiger partial charge is 0.297 e. The summed E-state index contributed by atoms with van der Waals surface area (Å²) in [5, 5.41) is 0. The van der Waals surface area contributed by atoms with Gasteiger partial charge in [-0.3, -0.25) is 14.5 Å². The van der Waals surface area contributed by atoms with Crippen LogP contribution in [0.15, 0.2) is 28.1 Å². The van der Waals surface area contributed by atoms with Crippen LogP contribution in [0.3, 0.4) is 0 Å². The van der Waals surface area contributed by atoms with Gasteiger partial charge < -0.3 is 0 Å². The number of fused-ring (bicyclic) bond motifs is 1. The topological polar surface area (TPSA) is 37.4 Å². The normalized spacial score (nSPS) is 14.1. The van der Waals surface area contributed by atoms with Crippen molar-refractivity contribution < 1.29 is 14.0 Å². The van der Waals surface area contributed by atoms with Crippen molar-refractivity contribution in [2.45, 2.75) is 13.5 Å². The highest BCUT2D eigenvalue weighted by Gasteiger charge is 2.38. The molecule has 0 radical (unpaired) electrons. The van der Waals surface area contributed by atoms with Gasteiger partial charge >= 0.3 is 0 Å². The molecule has 0 saturated carbocycles. The second kappa shape index (κ2) is 4.79. The zero-order chi connectivity index (χ0) is 14.4. The van der Waals surface area contributed by atoms with E-state index in [0.717, 1.165) is 8.66 Å². The number of benzene rings is 1. The number of ketones is 1. The van der Waals surface area contributed by atoms with Crippen LogP contribution in [0.1, 0.15) is 20.8 Å². The van der Waals surface area contributed by atoms with Gasteiger partial charge in [0, 0.05) is 4.88 Å². The zero-order valence-corrected chi connectivity index (χ0v) is 12.8. The predicted octanol–water partition coefficient (Wildman–Crippen LogP) is 3.69. The molecule has 20 heavy (non-hydrogen) atoms. The first kappa shape index (κ1) is 13.5. The molecule has 3 nitrogen and oxygen atoms in total. The van der Waals surface area contributed by atoms with Crippen LogP contribution in [0.25, 0.3) is 0 Å². The molecule has 0 saturated heterocycles. The Kier molecular flexibility index (Phi) is 3.22. The van der Waals surface area contributed by atoms with Gasteiger partial charge in [0.05, 0.1) is 21.6 Å². The van der Waals surface area contributed by atoms with Crippen LogP contribution < -0.4 is 4.90 Å². The molecule has 2 heterocycles. The van der Waals surface area contributed by atoms with Gasteiger partial charge in [0.2, 0.25) is 0 Å². The molecule has 0 spiro atoms. The Bertz CT molecular complexity index is 741. The number of thiophene rings is 1. The standard InChI is InChI=1S/C14H9BrFNO2S/c1-7-4-9-12(10(16)5-7)17(14(19)13(9)18)6-8-2-3-11(15)20-8/h2-5H,6H2,1H3. The molecule has 102 valence electrons. The van der Waals surface area contributed by atoms with E-state index in [1.54, 1.807) is 13.0 Å². The van der Waals surface area contributed by atoms with Crippen LogP contribution in [-0.2, 0) is 11.3 Å². The van der Waals surface area contributed by atoms with Crippen molar-refractivity contribution >= 4 is 44.6 Å². The van der Waals surface area contributed by atoms with Crippen LogP contribution in [-0.4, -0.2) is 11.7 Å². The number of anilines is 1. The Labute approximate surface area is 127 Å². The summed E-state index contributed by atoms with van der Waals surface area (Å²) in [6.45, 7) is 1.90. The van der Waals surface area contributed by atoms with Crippen molar-refractivity contribution in [3.8, 4) is 0 Å². The Morgan fingerprint density at radius 3 is 2.70 bits per heavy atom. The minimum atomic E-state index is -0.672. The van der Waals surface area contributed by atoms with Crippen molar-refractivity contribution in [3.63, 3.8) is 0 Å². The van der Waals surface area contributed by atoms with Gasteiger partial charge in [-0.15, -0.1) is 11.3 Å². The molecule has 1 aromatic heterocycles. The van der Waals surface area contributed by atoms with Crippen molar-refractivity contribution in [1.29, 1.82) is 0 Å². The summed E-state index contributed by atoms with van der Waals surface area (Å²) in [6.07, 6.45) is 0. The molecule has 0 N–H and O–H groups in total. The van der Waals surface area contributed by atoms with Gasteiger partial charge in [0.1, 0.15) is 5.82 Å². The van der Waals surface area contributed by atoms with Gasteiger partial charge in [-0.25, -0.2) is 4.39 Å². The van der Waals surface area contributed by atoms with E-state index in [0.29, 0.717) is 5.56 Å². The van der Waals surface area contributed by atoms with Crippen LogP contribution in [0, 0.1) is 12.7 Å². The summed E-state index contributed by atoms with van der Waals surface area (Å²) in [5.41, 5.74) is 0.876.